The Morgan fingerprint density at radius 2 is 1.77 bits per heavy atom. The maximum Gasteiger partial charge on any atom is 1.00 e. The molecule has 0 bridgehead atoms. The summed E-state index contributed by atoms with van der Waals surface area (Å²) in [4.78, 5) is -0.131. The third kappa shape index (κ3) is 3.79. The van der Waals surface area contributed by atoms with Crippen molar-refractivity contribution in [2.24, 2.45) is 0 Å². The molecule has 0 saturated heterocycles. The Morgan fingerprint density at radius 1 is 1.23 bits per heavy atom. The molecule has 5 heteroatoms. The molecule has 1 aromatic rings. The summed E-state index contributed by atoms with van der Waals surface area (Å²) >= 11 is 0. The number of rotatable bonds is 1. The van der Waals surface area contributed by atoms with Gasteiger partial charge >= 0.3 is 51.4 Å². The largest absolute Gasteiger partial charge is 1.00 e. The molecular weight excluding hydrogens is 215 g/mol. The molecule has 0 aliphatic heterocycles. The molecule has 3 nitrogen and oxygen atoms in total. The van der Waals surface area contributed by atoms with Gasteiger partial charge in [0.15, 0.2) is 0 Å². The van der Waals surface area contributed by atoms with Crippen LogP contribution in [0.4, 0.5) is 0 Å². The van der Waals surface area contributed by atoms with Crippen LogP contribution in [0.5, 0.6) is 0 Å². The van der Waals surface area contributed by atoms with Crippen LogP contribution in [0.25, 0.3) is 0 Å². The Bertz CT molecular complexity index is 398. The first kappa shape index (κ1) is 13.8. The summed E-state index contributed by atoms with van der Waals surface area (Å²) in [6.45, 7) is 3.45. The molecule has 0 saturated carbocycles. The molecule has 0 heterocycles. The Morgan fingerprint density at radius 3 is 2.15 bits per heavy atom. The van der Waals surface area contributed by atoms with E-state index in [9.17, 15) is 13.0 Å². The van der Waals surface area contributed by atoms with Crippen molar-refractivity contribution in [2.45, 2.75) is 18.7 Å². The normalized spacial score (nSPS) is 10.7. The molecule has 13 heavy (non-hydrogen) atoms. The van der Waals surface area contributed by atoms with E-state index in [2.05, 4.69) is 0 Å². The Kier molecular flexibility index (Phi) is 5.31. The minimum absolute atomic E-state index is 0. The van der Waals surface area contributed by atoms with Crippen LogP contribution < -0.4 is 51.4 Å². The maximum atomic E-state index is 10.6. The summed E-state index contributed by atoms with van der Waals surface area (Å²) in [5.74, 6) is 0. The summed E-state index contributed by atoms with van der Waals surface area (Å²) in [5.41, 5.74) is 1.45. The summed E-state index contributed by atoms with van der Waals surface area (Å²) in [5, 5.41) is 0. The van der Waals surface area contributed by atoms with E-state index in [4.69, 9.17) is 0 Å². The zero-order valence-electron chi connectivity index (χ0n) is 7.87. The fourth-order valence-electron chi connectivity index (χ4n) is 1.08. The zero-order valence-corrected chi connectivity index (χ0v) is 11.8. The molecule has 0 aromatic heterocycles. The van der Waals surface area contributed by atoms with Gasteiger partial charge in [-0.1, -0.05) is 17.7 Å². The van der Waals surface area contributed by atoms with E-state index in [1.807, 2.05) is 6.92 Å². The van der Waals surface area contributed by atoms with E-state index in [1.165, 1.54) is 6.07 Å². The summed E-state index contributed by atoms with van der Waals surface area (Å²) in [7, 11) is -4.30. The predicted molar refractivity (Wildman–Crippen MR) is 43.9 cm³/mol. The summed E-state index contributed by atoms with van der Waals surface area (Å²) < 4.78 is 31.8. The zero-order chi connectivity index (χ0) is 9.35. The molecule has 1 aromatic carbocycles. The van der Waals surface area contributed by atoms with Gasteiger partial charge in [0, 0.05) is 0 Å². The average Bonchev–Trinajstić information content (AvgIpc) is 1.83. The van der Waals surface area contributed by atoms with Gasteiger partial charge in [-0.2, -0.15) is 0 Å². The van der Waals surface area contributed by atoms with Crippen molar-refractivity contribution in [3.05, 3.63) is 29.3 Å². The van der Waals surface area contributed by atoms with Gasteiger partial charge in [0.2, 0.25) is 0 Å². The molecule has 1 rings (SSSR count). The van der Waals surface area contributed by atoms with E-state index in [1.54, 1.807) is 19.1 Å². The Labute approximate surface area is 121 Å². The van der Waals surface area contributed by atoms with Crippen molar-refractivity contribution in [1.82, 2.24) is 0 Å². The fraction of sp³-hybridized carbons (Fsp3) is 0.250. The predicted octanol–water partition coefficient (Wildman–Crippen LogP) is -1.79. The topological polar surface area (TPSA) is 57.2 Å². The molecular formula is C8H9KO3S. The molecule has 0 aliphatic carbocycles. The van der Waals surface area contributed by atoms with Crippen molar-refractivity contribution in [3.8, 4) is 0 Å². The second kappa shape index (κ2) is 5.02. The Hall–Kier alpha value is 0.766. The standard InChI is InChI=1S/C8H10O3S.K/c1-6-3-4-8(7(2)5-6)12(9,10)11;/h3-5H,1-2H3,(H,9,10,11);/q;+1/p-1. The van der Waals surface area contributed by atoms with Crippen LogP contribution >= 0.6 is 0 Å². The van der Waals surface area contributed by atoms with Gasteiger partial charge in [0.25, 0.3) is 0 Å². The van der Waals surface area contributed by atoms with Gasteiger partial charge in [0.05, 0.1) is 4.90 Å². The second-order valence-electron chi connectivity index (χ2n) is 2.72. The van der Waals surface area contributed by atoms with E-state index < -0.39 is 10.1 Å². The first-order valence-corrected chi connectivity index (χ1v) is 4.85. The van der Waals surface area contributed by atoms with Gasteiger partial charge in [-0.15, -0.1) is 0 Å². The number of hydrogen-bond donors (Lipinski definition) is 0. The quantitative estimate of drug-likeness (QED) is 0.418. The van der Waals surface area contributed by atoms with Gasteiger partial charge in [-0.05, 0) is 25.5 Å². The van der Waals surface area contributed by atoms with Gasteiger partial charge in [0.1, 0.15) is 10.1 Å². The number of benzene rings is 1. The maximum absolute atomic E-state index is 10.6. The Balaban J connectivity index is 0.00000144. The van der Waals surface area contributed by atoms with Crippen LogP contribution in [-0.4, -0.2) is 13.0 Å². The molecule has 0 spiro atoms. The minimum Gasteiger partial charge on any atom is -0.744 e. The van der Waals surface area contributed by atoms with Crippen LogP contribution in [0.15, 0.2) is 23.1 Å². The molecule has 0 aliphatic rings. The van der Waals surface area contributed by atoms with Gasteiger partial charge in [-0.25, -0.2) is 8.42 Å². The molecule has 0 fully saturated rings. The van der Waals surface area contributed by atoms with Crippen LogP contribution in [-0.2, 0) is 10.1 Å². The van der Waals surface area contributed by atoms with Crippen molar-refractivity contribution in [1.29, 1.82) is 0 Å². The number of aryl methyl sites for hydroxylation is 2. The molecule has 0 amide bonds. The minimum atomic E-state index is -4.30. The van der Waals surface area contributed by atoms with Crippen molar-refractivity contribution >= 4 is 10.1 Å². The van der Waals surface area contributed by atoms with Crippen LogP contribution in [0, 0.1) is 13.8 Å². The molecule has 0 atom stereocenters. The van der Waals surface area contributed by atoms with Crippen LogP contribution in [0.1, 0.15) is 11.1 Å². The first-order valence-electron chi connectivity index (χ1n) is 3.44. The van der Waals surface area contributed by atoms with Crippen LogP contribution in [0.2, 0.25) is 0 Å². The molecule has 0 unspecified atom stereocenters. The second-order valence-corrected chi connectivity index (χ2v) is 4.07. The average molecular weight is 224 g/mol. The van der Waals surface area contributed by atoms with Gasteiger partial charge in [-0.3, -0.25) is 0 Å². The smallest absolute Gasteiger partial charge is 0.744 e. The fourth-order valence-corrected chi connectivity index (χ4v) is 1.77. The monoisotopic (exact) mass is 224 g/mol. The van der Waals surface area contributed by atoms with Gasteiger partial charge < -0.3 is 4.55 Å². The summed E-state index contributed by atoms with van der Waals surface area (Å²) in [6, 6.07) is 4.62. The third-order valence-electron chi connectivity index (χ3n) is 1.60. The van der Waals surface area contributed by atoms with Crippen molar-refractivity contribution < 1.29 is 64.4 Å². The molecule has 0 radical (unpaired) electrons. The molecule has 0 N–H and O–H groups in total. The van der Waals surface area contributed by atoms with E-state index in [0.717, 1.165) is 5.56 Å². The van der Waals surface area contributed by atoms with Crippen LogP contribution in [0.3, 0.4) is 0 Å². The van der Waals surface area contributed by atoms with Crippen molar-refractivity contribution in [3.63, 3.8) is 0 Å². The summed E-state index contributed by atoms with van der Waals surface area (Å²) in [6.07, 6.45) is 0. The van der Waals surface area contributed by atoms with E-state index in [-0.39, 0.29) is 56.3 Å². The number of hydrogen-bond acceptors (Lipinski definition) is 3. The first-order chi connectivity index (χ1) is 5.41. The molecule has 66 valence electrons. The van der Waals surface area contributed by atoms with E-state index >= 15 is 0 Å². The SMILES string of the molecule is Cc1ccc(S(=O)(=O)[O-])c(C)c1.[K+]. The van der Waals surface area contributed by atoms with E-state index in [0.29, 0.717) is 5.56 Å². The van der Waals surface area contributed by atoms with Crippen molar-refractivity contribution in [2.75, 3.05) is 0 Å². The third-order valence-corrected chi connectivity index (χ3v) is 2.60.